The van der Waals surface area contributed by atoms with E-state index in [1.807, 2.05) is 43.3 Å². The molecule has 0 aliphatic carbocycles. The van der Waals surface area contributed by atoms with Crippen LogP contribution in [-0.2, 0) is 0 Å². The molecule has 0 aliphatic rings. The lowest BCUT2D eigenvalue weighted by atomic mass is 10.1. The number of nitrogens with zero attached hydrogens (tertiary/aromatic N) is 1. The van der Waals surface area contributed by atoms with Crippen LogP contribution >= 0.6 is 15.9 Å². The van der Waals surface area contributed by atoms with Gasteiger partial charge in [0, 0.05) is 10.0 Å². The number of H-pyrrole nitrogens is 1. The van der Waals surface area contributed by atoms with E-state index in [2.05, 4.69) is 31.2 Å². The lowest BCUT2D eigenvalue weighted by Crippen LogP contribution is -2.26. The zero-order valence-corrected chi connectivity index (χ0v) is 13.0. The van der Waals surface area contributed by atoms with Gasteiger partial charge in [0.25, 0.3) is 5.91 Å². The van der Waals surface area contributed by atoms with Crippen LogP contribution in [0.25, 0.3) is 11.0 Å². The molecule has 0 saturated heterocycles. The summed E-state index contributed by atoms with van der Waals surface area (Å²) in [4.78, 5) is 19.5. The van der Waals surface area contributed by atoms with Crippen LogP contribution in [0.5, 0.6) is 0 Å². The molecule has 0 spiro atoms. The number of aromatic nitrogens is 2. The van der Waals surface area contributed by atoms with E-state index in [1.54, 1.807) is 12.4 Å². The van der Waals surface area contributed by atoms with Crippen LogP contribution in [-0.4, -0.2) is 15.9 Å². The molecule has 0 aliphatic heterocycles. The monoisotopic (exact) mass is 343 g/mol. The number of halogens is 1. The minimum atomic E-state index is -0.102. The van der Waals surface area contributed by atoms with Crippen molar-refractivity contribution in [3.63, 3.8) is 0 Å². The quantitative estimate of drug-likeness (QED) is 0.759. The first-order valence-electron chi connectivity index (χ1n) is 6.63. The molecule has 1 unspecified atom stereocenters. The van der Waals surface area contributed by atoms with E-state index in [9.17, 15) is 4.79 Å². The zero-order valence-electron chi connectivity index (χ0n) is 11.4. The van der Waals surface area contributed by atoms with E-state index < -0.39 is 0 Å². The molecule has 2 N–H and O–H groups in total. The van der Waals surface area contributed by atoms with Gasteiger partial charge in [-0.2, -0.15) is 0 Å². The smallest absolute Gasteiger partial charge is 0.251 e. The largest absolute Gasteiger partial charge is 0.345 e. The summed E-state index contributed by atoms with van der Waals surface area (Å²) in [5.74, 6) is -0.102. The van der Waals surface area contributed by atoms with E-state index in [0.29, 0.717) is 5.56 Å². The van der Waals surface area contributed by atoms with Crippen molar-refractivity contribution in [3.05, 3.63) is 64.4 Å². The molecule has 3 rings (SSSR count). The molecular weight excluding hydrogens is 330 g/mol. The fraction of sp³-hybridized carbons (Fsp3) is 0.125. The number of hydrogen-bond acceptors (Lipinski definition) is 2. The lowest BCUT2D eigenvalue weighted by molar-refractivity contribution is 0.0940. The summed E-state index contributed by atoms with van der Waals surface area (Å²) in [6, 6.07) is 13.2. The van der Waals surface area contributed by atoms with Gasteiger partial charge < -0.3 is 10.3 Å². The molecule has 0 fully saturated rings. The van der Waals surface area contributed by atoms with Crippen molar-refractivity contribution >= 4 is 32.9 Å². The summed E-state index contributed by atoms with van der Waals surface area (Å²) in [5, 5.41) is 3.01. The third kappa shape index (κ3) is 2.83. The first kappa shape index (κ1) is 13.8. The normalized spacial score (nSPS) is 12.3. The van der Waals surface area contributed by atoms with Gasteiger partial charge in [0.15, 0.2) is 0 Å². The summed E-state index contributed by atoms with van der Waals surface area (Å²) in [7, 11) is 0. The Balaban J connectivity index is 1.81. The summed E-state index contributed by atoms with van der Waals surface area (Å²) in [6.45, 7) is 1.97. The van der Waals surface area contributed by atoms with Crippen molar-refractivity contribution in [2.24, 2.45) is 0 Å². The number of fused-ring (bicyclic) bond motifs is 1. The van der Waals surface area contributed by atoms with Gasteiger partial charge in [-0.3, -0.25) is 4.79 Å². The molecule has 3 aromatic rings. The Morgan fingerprint density at radius 3 is 2.90 bits per heavy atom. The number of amides is 1. The summed E-state index contributed by atoms with van der Waals surface area (Å²) in [5.41, 5.74) is 3.38. The maximum absolute atomic E-state index is 12.3. The molecular formula is C16H14BrN3O. The lowest BCUT2D eigenvalue weighted by Gasteiger charge is -2.15. The summed E-state index contributed by atoms with van der Waals surface area (Å²) >= 11 is 3.51. The van der Waals surface area contributed by atoms with E-state index in [0.717, 1.165) is 21.1 Å². The topological polar surface area (TPSA) is 57.8 Å². The Bertz CT molecular complexity index is 797. The Hall–Kier alpha value is -2.14. The molecule has 1 heterocycles. The fourth-order valence-electron chi connectivity index (χ4n) is 2.26. The van der Waals surface area contributed by atoms with Crippen LogP contribution in [0.1, 0.15) is 28.9 Å². The first-order valence-corrected chi connectivity index (χ1v) is 7.43. The minimum Gasteiger partial charge on any atom is -0.345 e. The third-order valence-electron chi connectivity index (χ3n) is 3.40. The van der Waals surface area contributed by atoms with Crippen LogP contribution in [0.3, 0.4) is 0 Å². The first-order chi connectivity index (χ1) is 10.1. The van der Waals surface area contributed by atoms with Gasteiger partial charge >= 0.3 is 0 Å². The molecule has 0 bridgehead atoms. The molecule has 4 nitrogen and oxygen atoms in total. The minimum absolute atomic E-state index is 0.0782. The molecule has 0 saturated carbocycles. The highest BCUT2D eigenvalue weighted by Gasteiger charge is 2.14. The van der Waals surface area contributed by atoms with Gasteiger partial charge in [-0.25, -0.2) is 4.98 Å². The van der Waals surface area contributed by atoms with Crippen LogP contribution in [0.15, 0.2) is 53.3 Å². The Labute approximate surface area is 130 Å². The second-order valence-corrected chi connectivity index (χ2v) is 5.71. The SMILES string of the molecule is CC(NC(=O)c1ccc2nc[nH]c2c1)c1ccccc1Br. The highest BCUT2D eigenvalue weighted by atomic mass is 79.9. The van der Waals surface area contributed by atoms with Crippen molar-refractivity contribution in [1.82, 2.24) is 15.3 Å². The van der Waals surface area contributed by atoms with Crippen LogP contribution in [0.2, 0.25) is 0 Å². The van der Waals surface area contributed by atoms with Gasteiger partial charge in [0.2, 0.25) is 0 Å². The second-order valence-electron chi connectivity index (χ2n) is 4.85. The molecule has 106 valence electrons. The standard InChI is InChI=1S/C16H14BrN3O/c1-10(12-4-2-3-5-13(12)17)20-16(21)11-6-7-14-15(8-11)19-9-18-14/h2-10H,1H3,(H,18,19)(H,20,21). The number of rotatable bonds is 3. The number of imidazole rings is 1. The van der Waals surface area contributed by atoms with Crippen molar-refractivity contribution in [2.45, 2.75) is 13.0 Å². The van der Waals surface area contributed by atoms with E-state index in [-0.39, 0.29) is 11.9 Å². The second kappa shape index (κ2) is 5.69. The highest BCUT2D eigenvalue weighted by Crippen LogP contribution is 2.23. The molecule has 21 heavy (non-hydrogen) atoms. The summed E-state index contributed by atoms with van der Waals surface area (Å²) < 4.78 is 0.988. The highest BCUT2D eigenvalue weighted by molar-refractivity contribution is 9.10. The van der Waals surface area contributed by atoms with Gasteiger partial charge in [0.05, 0.1) is 23.4 Å². The van der Waals surface area contributed by atoms with Crippen LogP contribution < -0.4 is 5.32 Å². The number of benzene rings is 2. The van der Waals surface area contributed by atoms with E-state index in [4.69, 9.17) is 0 Å². The van der Waals surface area contributed by atoms with Crippen molar-refractivity contribution in [3.8, 4) is 0 Å². The number of nitrogens with one attached hydrogen (secondary N) is 2. The predicted octanol–water partition coefficient (Wildman–Crippen LogP) is 3.82. The molecule has 1 amide bonds. The Morgan fingerprint density at radius 2 is 2.10 bits per heavy atom. The van der Waals surface area contributed by atoms with Crippen molar-refractivity contribution in [2.75, 3.05) is 0 Å². The van der Waals surface area contributed by atoms with E-state index in [1.165, 1.54) is 0 Å². The average molecular weight is 344 g/mol. The Kier molecular flexibility index (Phi) is 3.75. The van der Waals surface area contributed by atoms with Crippen molar-refractivity contribution in [1.29, 1.82) is 0 Å². The average Bonchev–Trinajstić information content (AvgIpc) is 2.94. The molecule has 1 atom stereocenters. The molecule has 0 radical (unpaired) electrons. The fourth-order valence-corrected chi connectivity index (χ4v) is 2.89. The zero-order chi connectivity index (χ0) is 14.8. The number of aromatic amines is 1. The van der Waals surface area contributed by atoms with Gasteiger partial charge in [0.1, 0.15) is 0 Å². The maximum atomic E-state index is 12.3. The molecule has 5 heteroatoms. The number of carbonyl (C=O) groups is 1. The van der Waals surface area contributed by atoms with Gasteiger partial charge in [-0.15, -0.1) is 0 Å². The predicted molar refractivity (Wildman–Crippen MR) is 86.1 cm³/mol. The number of hydrogen-bond donors (Lipinski definition) is 2. The molecule has 2 aromatic carbocycles. The van der Waals surface area contributed by atoms with Gasteiger partial charge in [-0.05, 0) is 36.8 Å². The Morgan fingerprint density at radius 1 is 1.29 bits per heavy atom. The molecule has 1 aromatic heterocycles. The third-order valence-corrected chi connectivity index (χ3v) is 4.12. The van der Waals surface area contributed by atoms with E-state index >= 15 is 0 Å². The van der Waals surface area contributed by atoms with Crippen LogP contribution in [0, 0.1) is 0 Å². The summed E-state index contributed by atoms with van der Waals surface area (Å²) in [6.07, 6.45) is 1.62. The van der Waals surface area contributed by atoms with Crippen LogP contribution in [0.4, 0.5) is 0 Å². The van der Waals surface area contributed by atoms with Crippen molar-refractivity contribution < 1.29 is 4.79 Å². The maximum Gasteiger partial charge on any atom is 0.251 e. The number of carbonyl (C=O) groups excluding carboxylic acids is 1. The van der Waals surface area contributed by atoms with Gasteiger partial charge in [-0.1, -0.05) is 34.1 Å².